The summed E-state index contributed by atoms with van der Waals surface area (Å²) in [5.74, 6) is 0.255. The van der Waals surface area contributed by atoms with E-state index in [1.54, 1.807) is 17.0 Å². The Morgan fingerprint density at radius 1 is 1.47 bits per heavy atom. The molecule has 0 fully saturated rings. The molecule has 6 nitrogen and oxygen atoms in total. The topological polar surface area (TPSA) is 76.0 Å². The van der Waals surface area contributed by atoms with Gasteiger partial charge < -0.3 is 15.2 Å². The Balaban J connectivity index is 2.52. The Morgan fingerprint density at radius 2 is 2.24 bits per heavy atom. The van der Waals surface area contributed by atoms with Gasteiger partial charge in [-0.2, -0.15) is 0 Å². The van der Waals surface area contributed by atoms with Crippen molar-refractivity contribution < 1.29 is 4.79 Å². The Bertz CT molecular complexity index is 428. The lowest BCUT2D eigenvalue weighted by Gasteiger charge is -2.07. The number of nitrogens with one attached hydrogen (secondary N) is 2. The van der Waals surface area contributed by atoms with E-state index in [-0.39, 0.29) is 11.5 Å². The van der Waals surface area contributed by atoms with Gasteiger partial charge in [-0.05, 0) is 13.8 Å². The molecule has 0 aliphatic heterocycles. The van der Waals surface area contributed by atoms with E-state index in [0.29, 0.717) is 31.9 Å². The predicted molar refractivity (Wildman–Crippen MR) is 66.0 cm³/mol. The van der Waals surface area contributed by atoms with Gasteiger partial charge in [0.2, 0.25) is 5.91 Å². The summed E-state index contributed by atoms with van der Waals surface area (Å²) < 4.78 is 1.56. The fourth-order valence-electron chi connectivity index (χ4n) is 1.40. The smallest absolute Gasteiger partial charge is 0.293 e. The van der Waals surface area contributed by atoms with Crippen LogP contribution in [0.5, 0.6) is 0 Å². The minimum absolute atomic E-state index is 0.0354. The molecule has 2 N–H and O–H groups in total. The zero-order valence-electron chi connectivity index (χ0n) is 10.2. The summed E-state index contributed by atoms with van der Waals surface area (Å²) in [6.07, 6.45) is 3.53. The lowest BCUT2D eigenvalue weighted by atomic mass is 10.4. The number of hydrogen-bond donors (Lipinski definition) is 2. The van der Waals surface area contributed by atoms with Gasteiger partial charge in [-0.1, -0.05) is 0 Å². The van der Waals surface area contributed by atoms with E-state index in [1.165, 1.54) is 0 Å². The summed E-state index contributed by atoms with van der Waals surface area (Å²) >= 11 is 0. The molecule has 1 amide bonds. The lowest BCUT2D eigenvalue weighted by molar-refractivity contribution is -0.120. The second-order valence-corrected chi connectivity index (χ2v) is 3.50. The quantitative estimate of drug-likeness (QED) is 0.742. The van der Waals surface area contributed by atoms with Gasteiger partial charge in [0.05, 0.1) is 0 Å². The van der Waals surface area contributed by atoms with Crippen molar-refractivity contribution in [3.63, 3.8) is 0 Å². The first-order valence-corrected chi connectivity index (χ1v) is 5.75. The third-order valence-electron chi connectivity index (χ3n) is 2.27. The number of aryl methyl sites for hydroxylation is 1. The fraction of sp³-hybridized carbons (Fsp3) is 0.545. The lowest BCUT2D eigenvalue weighted by Crippen LogP contribution is -2.27. The largest absolute Gasteiger partial charge is 0.365 e. The van der Waals surface area contributed by atoms with Crippen LogP contribution in [0.3, 0.4) is 0 Å². The van der Waals surface area contributed by atoms with E-state index in [0.717, 1.165) is 0 Å². The maximum Gasteiger partial charge on any atom is 0.293 e. The number of aromatic nitrogens is 2. The number of carbonyl (C=O) groups is 1. The van der Waals surface area contributed by atoms with Crippen molar-refractivity contribution in [2.75, 3.05) is 18.4 Å². The van der Waals surface area contributed by atoms with Crippen molar-refractivity contribution >= 4 is 11.7 Å². The van der Waals surface area contributed by atoms with Crippen LogP contribution in [0.2, 0.25) is 0 Å². The molecule has 0 unspecified atom stereocenters. The van der Waals surface area contributed by atoms with Crippen LogP contribution in [0.25, 0.3) is 0 Å². The van der Waals surface area contributed by atoms with E-state index in [1.807, 2.05) is 13.8 Å². The van der Waals surface area contributed by atoms with Gasteiger partial charge in [0.25, 0.3) is 5.56 Å². The number of carbonyl (C=O) groups excluding carboxylic acids is 1. The molecule has 0 bridgehead atoms. The van der Waals surface area contributed by atoms with Gasteiger partial charge in [-0.3, -0.25) is 9.59 Å². The van der Waals surface area contributed by atoms with Crippen LogP contribution in [0.1, 0.15) is 20.3 Å². The normalized spacial score (nSPS) is 10.0. The van der Waals surface area contributed by atoms with Crippen LogP contribution >= 0.6 is 0 Å². The Kier molecular flexibility index (Phi) is 5.19. The second kappa shape index (κ2) is 6.67. The zero-order valence-corrected chi connectivity index (χ0v) is 10.2. The third-order valence-corrected chi connectivity index (χ3v) is 2.27. The minimum Gasteiger partial charge on any atom is -0.365 e. The summed E-state index contributed by atoms with van der Waals surface area (Å²) in [7, 11) is 0. The molecule has 0 saturated heterocycles. The summed E-state index contributed by atoms with van der Waals surface area (Å²) in [5.41, 5.74) is -0.161. The zero-order chi connectivity index (χ0) is 12.7. The first-order valence-electron chi connectivity index (χ1n) is 5.75. The van der Waals surface area contributed by atoms with Crippen LogP contribution in [0.15, 0.2) is 17.2 Å². The van der Waals surface area contributed by atoms with E-state index in [9.17, 15) is 9.59 Å². The second-order valence-electron chi connectivity index (χ2n) is 3.50. The molecule has 1 aromatic rings. The van der Waals surface area contributed by atoms with E-state index >= 15 is 0 Å². The highest BCUT2D eigenvalue weighted by Crippen LogP contribution is 1.93. The summed E-state index contributed by atoms with van der Waals surface area (Å²) in [4.78, 5) is 26.9. The van der Waals surface area contributed by atoms with Crippen LogP contribution in [-0.4, -0.2) is 28.5 Å². The molecular formula is C11H18N4O2. The van der Waals surface area contributed by atoms with E-state index in [4.69, 9.17) is 0 Å². The molecule has 1 rings (SSSR count). The molecule has 0 aliphatic rings. The van der Waals surface area contributed by atoms with Crippen molar-refractivity contribution in [2.24, 2.45) is 0 Å². The number of rotatable bonds is 6. The van der Waals surface area contributed by atoms with Crippen LogP contribution in [-0.2, 0) is 11.3 Å². The summed E-state index contributed by atoms with van der Waals surface area (Å²) in [6, 6.07) is 0. The molecule has 0 atom stereocenters. The average molecular weight is 238 g/mol. The van der Waals surface area contributed by atoms with E-state index < -0.39 is 0 Å². The van der Waals surface area contributed by atoms with Crippen molar-refractivity contribution in [3.8, 4) is 0 Å². The molecule has 0 radical (unpaired) electrons. The molecule has 0 aromatic carbocycles. The number of hydrogen-bond acceptors (Lipinski definition) is 4. The van der Waals surface area contributed by atoms with Gasteiger partial charge >= 0.3 is 0 Å². The van der Waals surface area contributed by atoms with Crippen molar-refractivity contribution in [2.45, 2.75) is 26.8 Å². The Morgan fingerprint density at radius 3 is 2.88 bits per heavy atom. The highest BCUT2D eigenvalue weighted by atomic mass is 16.1. The van der Waals surface area contributed by atoms with Gasteiger partial charge in [0.15, 0.2) is 5.82 Å². The van der Waals surface area contributed by atoms with Crippen LogP contribution in [0.4, 0.5) is 5.82 Å². The number of nitrogens with zero attached hydrogens (tertiary/aromatic N) is 2. The van der Waals surface area contributed by atoms with Gasteiger partial charge in [0.1, 0.15) is 0 Å². The molecule has 17 heavy (non-hydrogen) atoms. The molecule has 0 saturated carbocycles. The average Bonchev–Trinajstić information content (AvgIpc) is 2.32. The minimum atomic E-state index is -0.161. The highest BCUT2D eigenvalue weighted by Gasteiger charge is 2.04. The van der Waals surface area contributed by atoms with Gasteiger partial charge in [-0.15, -0.1) is 0 Å². The van der Waals surface area contributed by atoms with Gasteiger partial charge in [0, 0.05) is 38.4 Å². The SMILES string of the molecule is CCNC(=O)CCNc1nccn(CC)c1=O. The van der Waals surface area contributed by atoms with Crippen LogP contribution in [0, 0.1) is 0 Å². The predicted octanol–water partition coefficient (Wildman–Crippen LogP) is 0.201. The molecule has 1 aromatic heterocycles. The fourth-order valence-corrected chi connectivity index (χ4v) is 1.40. The summed E-state index contributed by atoms with van der Waals surface area (Å²) in [6.45, 7) is 5.38. The first kappa shape index (κ1) is 13.2. The monoisotopic (exact) mass is 238 g/mol. The highest BCUT2D eigenvalue weighted by molar-refractivity contribution is 5.76. The first-order chi connectivity index (χ1) is 8.19. The van der Waals surface area contributed by atoms with Gasteiger partial charge in [-0.25, -0.2) is 4.98 Å². The maximum atomic E-state index is 11.7. The summed E-state index contributed by atoms with van der Waals surface area (Å²) in [5, 5.41) is 5.56. The molecule has 0 spiro atoms. The molecule has 6 heteroatoms. The van der Waals surface area contributed by atoms with Crippen molar-refractivity contribution in [1.29, 1.82) is 0 Å². The van der Waals surface area contributed by atoms with E-state index in [2.05, 4.69) is 15.6 Å². The molecular weight excluding hydrogens is 220 g/mol. The third kappa shape index (κ3) is 3.90. The molecule has 0 aliphatic carbocycles. The molecule has 1 heterocycles. The molecule has 94 valence electrons. The maximum absolute atomic E-state index is 11.7. The van der Waals surface area contributed by atoms with Crippen molar-refractivity contribution in [3.05, 3.63) is 22.7 Å². The van der Waals surface area contributed by atoms with Crippen molar-refractivity contribution in [1.82, 2.24) is 14.9 Å². The Labute approximate surface area is 100 Å². The van der Waals surface area contributed by atoms with Crippen LogP contribution < -0.4 is 16.2 Å². The standard InChI is InChI=1S/C11H18N4O2/c1-3-12-9(16)5-6-13-10-11(17)15(4-2)8-7-14-10/h7-8H,3-6H2,1-2H3,(H,12,16)(H,13,14). The number of amides is 1. The Hall–Kier alpha value is -1.85. The number of anilines is 1.